The van der Waals surface area contributed by atoms with Crippen LogP contribution in [0.5, 0.6) is 0 Å². The molecule has 0 amide bonds. The summed E-state index contributed by atoms with van der Waals surface area (Å²) in [7, 11) is 1.85. The van der Waals surface area contributed by atoms with Crippen LogP contribution in [0, 0.1) is 0 Å². The molecule has 0 unspecified atom stereocenters. The Bertz CT molecular complexity index is 144. The smallest absolute Gasteiger partial charge is 0.112 e. The van der Waals surface area contributed by atoms with E-state index in [1.54, 1.807) is 0 Å². The van der Waals surface area contributed by atoms with E-state index >= 15 is 0 Å². The van der Waals surface area contributed by atoms with Gasteiger partial charge < -0.3 is 11.1 Å². The molecule has 1 aliphatic carbocycles. The number of nitrogens with two attached hydrogens (primary N) is 1. The highest BCUT2D eigenvalue weighted by molar-refractivity contribution is 4.86. The number of likely N-dealkylation sites (N-methyl/N-ethyl adjacent to an activating group) is 1. The normalized spacial score (nSPS) is 24.2. The minimum atomic E-state index is -0.964. The molecule has 0 aromatic rings. The fraction of sp³-hybridized carbons (Fsp3) is 1.00. The Kier molecular flexibility index (Phi) is 4.13. The zero-order valence-corrected chi connectivity index (χ0v) is 8.48. The third-order valence-electron chi connectivity index (χ3n) is 2.84. The van der Waals surface area contributed by atoms with Gasteiger partial charge in [-0.3, -0.25) is 0 Å². The lowest BCUT2D eigenvalue weighted by Crippen LogP contribution is -2.40. The molecule has 0 spiro atoms. The molecular formula is C10H21FN2. The van der Waals surface area contributed by atoms with Crippen LogP contribution in [0.3, 0.4) is 0 Å². The van der Waals surface area contributed by atoms with Crippen LogP contribution >= 0.6 is 0 Å². The fourth-order valence-electron chi connectivity index (χ4n) is 2.19. The highest BCUT2D eigenvalue weighted by Crippen LogP contribution is 2.35. The molecule has 0 saturated heterocycles. The molecule has 1 aliphatic rings. The Labute approximate surface area is 80.1 Å². The topological polar surface area (TPSA) is 38.0 Å². The lowest BCUT2D eigenvalue weighted by atomic mass is 9.82. The summed E-state index contributed by atoms with van der Waals surface area (Å²) in [4.78, 5) is 0. The monoisotopic (exact) mass is 188 g/mol. The second-order valence-electron chi connectivity index (χ2n) is 4.23. The summed E-state index contributed by atoms with van der Waals surface area (Å²) in [6.45, 7) is 0.714. The molecule has 1 saturated carbocycles. The van der Waals surface area contributed by atoms with Gasteiger partial charge in [-0.25, -0.2) is 4.39 Å². The van der Waals surface area contributed by atoms with Crippen molar-refractivity contribution < 1.29 is 4.39 Å². The SMILES string of the molecule is CNC[C@@H](N)CC1(F)CCCCC1. The molecule has 13 heavy (non-hydrogen) atoms. The summed E-state index contributed by atoms with van der Waals surface area (Å²) in [5.41, 5.74) is 4.83. The summed E-state index contributed by atoms with van der Waals surface area (Å²) in [6.07, 6.45) is 5.20. The first kappa shape index (κ1) is 10.9. The van der Waals surface area contributed by atoms with E-state index < -0.39 is 5.67 Å². The zero-order chi connectivity index (χ0) is 9.73. The van der Waals surface area contributed by atoms with E-state index in [0.29, 0.717) is 25.8 Å². The number of halogens is 1. The minimum Gasteiger partial charge on any atom is -0.326 e. The van der Waals surface area contributed by atoms with Gasteiger partial charge in [0.1, 0.15) is 5.67 Å². The van der Waals surface area contributed by atoms with Crippen LogP contribution in [0.2, 0.25) is 0 Å². The van der Waals surface area contributed by atoms with Gasteiger partial charge in [-0.1, -0.05) is 19.3 Å². The molecule has 1 rings (SSSR count). The van der Waals surface area contributed by atoms with Gasteiger partial charge in [-0.05, 0) is 26.3 Å². The van der Waals surface area contributed by atoms with E-state index in [9.17, 15) is 4.39 Å². The predicted octanol–water partition coefficient (Wildman–Crippen LogP) is 1.60. The van der Waals surface area contributed by atoms with Gasteiger partial charge in [0.25, 0.3) is 0 Å². The van der Waals surface area contributed by atoms with Crippen molar-refractivity contribution in [1.29, 1.82) is 0 Å². The van der Waals surface area contributed by atoms with Gasteiger partial charge in [0.2, 0.25) is 0 Å². The molecule has 0 bridgehead atoms. The number of hydrogen-bond acceptors (Lipinski definition) is 2. The van der Waals surface area contributed by atoms with E-state index in [0.717, 1.165) is 12.8 Å². The Morgan fingerprint density at radius 2 is 2.00 bits per heavy atom. The molecule has 1 atom stereocenters. The van der Waals surface area contributed by atoms with E-state index in [4.69, 9.17) is 5.73 Å². The second-order valence-corrected chi connectivity index (χ2v) is 4.23. The molecule has 0 aromatic carbocycles. The van der Waals surface area contributed by atoms with Gasteiger partial charge >= 0.3 is 0 Å². The predicted molar refractivity (Wildman–Crippen MR) is 53.4 cm³/mol. The molecule has 0 radical (unpaired) electrons. The lowest BCUT2D eigenvalue weighted by molar-refractivity contribution is 0.0880. The summed E-state index contributed by atoms with van der Waals surface area (Å²) in [5.74, 6) is 0. The van der Waals surface area contributed by atoms with Crippen LogP contribution in [-0.2, 0) is 0 Å². The van der Waals surface area contributed by atoms with E-state index in [-0.39, 0.29) is 6.04 Å². The Morgan fingerprint density at radius 3 is 2.54 bits per heavy atom. The molecule has 1 fully saturated rings. The van der Waals surface area contributed by atoms with E-state index in [1.807, 2.05) is 7.05 Å². The van der Waals surface area contributed by atoms with Gasteiger partial charge in [0, 0.05) is 12.6 Å². The minimum absolute atomic E-state index is 0.0342. The molecular weight excluding hydrogens is 167 g/mol. The van der Waals surface area contributed by atoms with Crippen molar-refractivity contribution >= 4 is 0 Å². The average molecular weight is 188 g/mol. The standard InChI is InChI=1S/C10H21FN2/c1-13-8-9(12)7-10(11)5-3-2-4-6-10/h9,13H,2-8,12H2,1H3/t9-/m0/s1. The first-order chi connectivity index (χ1) is 6.16. The van der Waals surface area contributed by atoms with Crippen LogP contribution in [0.15, 0.2) is 0 Å². The Hall–Kier alpha value is -0.150. The first-order valence-electron chi connectivity index (χ1n) is 5.25. The molecule has 3 N–H and O–H groups in total. The number of hydrogen-bond donors (Lipinski definition) is 2. The summed E-state index contributed by atoms with van der Waals surface area (Å²) in [5, 5.41) is 2.98. The third-order valence-corrected chi connectivity index (χ3v) is 2.84. The largest absolute Gasteiger partial charge is 0.326 e. The van der Waals surface area contributed by atoms with Gasteiger partial charge in [-0.2, -0.15) is 0 Å². The first-order valence-corrected chi connectivity index (χ1v) is 5.25. The van der Waals surface area contributed by atoms with Crippen molar-refractivity contribution in [2.24, 2.45) is 5.73 Å². The van der Waals surface area contributed by atoms with Crippen molar-refractivity contribution in [3.8, 4) is 0 Å². The van der Waals surface area contributed by atoms with Gasteiger partial charge in [-0.15, -0.1) is 0 Å². The van der Waals surface area contributed by atoms with Crippen molar-refractivity contribution in [3.63, 3.8) is 0 Å². The third kappa shape index (κ3) is 3.61. The van der Waals surface area contributed by atoms with Gasteiger partial charge in [0.05, 0.1) is 0 Å². The van der Waals surface area contributed by atoms with Crippen molar-refractivity contribution in [1.82, 2.24) is 5.32 Å². The second kappa shape index (κ2) is 4.91. The van der Waals surface area contributed by atoms with Crippen molar-refractivity contribution in [3.05, 3.63) is 0 Å². The Balaban J connectivity index is 2.31. The van der Waals surface area contributed by atoms with E-state index in [1.165, 1.54) is 6.42 Å². The summed E-state index contributed by atoms with van der Waals surface area (Å²) >= 11 is 0. The van der Waals surface area contributed by atoms with Crippen molar-refractivity contribution in [2.75, 3.05) is 13.6 Å². The number of alkyl halides is 1. The number of nitrogens with one attached hydrogen (secondary N) is 1. The zero-order valence-electron chi connectivity index (χ0n) is 8.48. The number of rotatable bonds is 4. The van der Waals surface area contributed by atoms with Gasteiger partial charge in [0.15, 0.2) is 0 Å². The maximum atomic E-state index is 14.0. The van der Waals surface area contributed by atoms with Crippen LogP contribution in [0.1, 0.15) is 38.5 Å². The highest BCUT2D eigenvalue weighted by Gasteiger charge is 2.32. The maximum absolute atomic E-state index is 14.0. The molecule has 0 aromatic heterocycles. The quantitative estimate of drug-likeness (QED) is 0.703. The average Bonchev–Trinajstić information content (AvgIpc) is 2.04. The van der Waals surface area contributed by atoms with Crippen molar-refractivity contribution in [2.45, 2.75) is 50.2 Å². The van der Waals surface area contributed by atoms with Crippen LogP contribution in [0.4, 0.5) is 4.39 Å². The molecule has 0 heterocycles. The molecule has 78 valence electrons. The molecule has 0 aliphatic heterocycles. The lowest BCUT2D eigenvalue weighted by Gasteiger charge is -2.31. The Morgan fingerprint density at radius 1 is 1.38 bits per heavy atom. The summed E-state index contributed by atoms with van der Waals surface area (Å²) in [6, 6.07) is -0.0342. The highest BCUT2D eigenvalue weighted by atomic mass is 19.1. The summed E-state index contributed by atoms with van der Waals surface area (Å²) < 4.78 is 14.0. The maximum Gasteiger partial charge on any atom is 0.112 e. The van der Waals surface area contributed by atoms with Crippen LogP contribution in [0.25, 0.3) is 0 Å². The molecule has 3 heteroatoms. The van der Waals surface area contributed by atoms with Crippen LogP contribution < -0.4 is 11.1 Å². The molecule has 2 nitrogen and oxygen atoms in total. The van der Waals surface area contributed by atoms with Crippen LogP contribution in [-0.4, -0.2) is 25.3 Å². The fourth-order valence-corrected chi connectivity index (χ4v) is 2.19. The van der Waals surface area contributed by atoms with E-state index in [2.05, 4.69) is 5.32 Å².